The number of nitrogens with zero attached hydrogens (tertiary/aromatic N) is 1. The Morgan fingerprint density at radius 2 is 1.95 bits per heavy atom. The zero-order valence-corrected chi connectivity index (χ0v) is 12.9. The summed E-state index contributed by atoms with van der Waals surface area (Å²) in [4.78, 5) is 26.2. The van der Waals surface area contributed by atoms with Gasteiger partial charge in [0.1, 0.15) is 6.04 Å². The van der Waals surface area contributed by atoms with Crippen LogP contribution in [0.15, 0.2) is 0 Å². The summed E-state index contributed by atoms with van der Waals surface area (Å²) >= 11 is 1.68. The molecule has 0 radical (unpaired) electrons. The number of nitrogens with one attached hydrogen (secondary N) is 1. The van der Waals surface area contributed by atoms with Crippen LogP contribution in [0.1, 0.15) is 32.1 Å². The summed E-state index contributed by atoms with van der Waals surface area (Å²) in [6.07, 6.45) is 5.39. The average molecular weight is 310 g/mol. The minimum atomic E-state index is -0.834. The molecule has 5 nitrogen and oxygen atoms in total. The Balaban J connectivity index is 1.52. The van der Waals surface area contributed by atoms with E-state index < -0.39 is 12.0 Å². The van der Waals surface area contributed by atoms with E-state index in [1.807, 2.05) is 0 Å². The number of carbonyl (C=O) groups is 2. The molecule has 2 heterocycles. The van der Waals surface area contributed by atoms with Gasteiger partial charge in [0.05, 0.1) is 5.37 Å². The van der Waals surface area contributed by atoms with Crippen LogP contribution in [-0.4, -0.2) is 52.1 Å². The molecule has 3 unspecified atom stereocenters. The van der Waals surface area contributed by atoms with Gasteiger partial charge >= 0.3 is 5.97 Å². The van der Waals surface area contributed by atoms with Gasteiger partial charge in [0.15, 0.2) is 0 Å². The molecule has 0 aromatic rings. The van der Waals surface area contributed by atoms with E-state index in [-0.39, 0.29) is 22.6 Å². The van der Waals surface area contributed by atoms with Gasteiger partial charge in [0, 0.05) is 11.7 Å². The number of hydrogen-bond acceptors (Lipinski definition) is 4. The smallest absolute Gasteiger partial charge is 0.327 e. The molecule has 2 aliphatic heterocycles. The number of carbonyl (C=O) groups excluding carboxylic acids is 1. The monoisotopic (exact) mass is 310 g/mol. The lowest BCUT2D eigenvalue weighted by molar-refractivity contribution is -0.150. The van der Waals surface area contributed by atoms with Crippen LogP contribution >= 0.6 is 11.8 Å². The summed E-state index contributed by atoms with van der Waals surface area (Å²) in [5, 5.41) is 12.9. The Bertz CT molecular complexity index is 474. The molecule has 0 aromatic heterocycles. The van der Waals surface area contributed by atoms with Gasteiger partial charge in [-0.3, -0.25) is 4.79 Å². The molecule has 2 saturated heterocycles. The summed E-state index contributed by atoms with van der Waals surface area (Å²) in [5.74, 6) is 0.474. The van der Waals surface area contributed by atoms with E-state index in [9.17, 15) is 14.7 Å². The van der Waals surface area contributed by atoms with E-state index in [0.717, 1.165) is 45.2 Å². The second kappa shape index (κ2) is 4.88. The van der Waals surface area contributed by atoms with Crippen LogP contribution in [0.4, 0.5) is 0 Å². The highest BCUT2D eigenvalue weighted by Crippen LogP contribution is 2.60. The molecule has 3 atom stereocenters. The van der Waals surface area contributed by atoms with Gasteiger partial charge in [-0.25, -0.2) is 4.79 Å². The highest BCUT2D eigenvalue weighted by Gasteiger charge is 2.61. The fraction of sp³-hybridized carbons (Fsp3) is 0.867. The summed E-state index contributed by atoms with van der Waals surface area (Å²) in [5.41, 5.74) is 0.187. The first-order chi connectivity index (χ1) is 10.1. The lowest BCUT2D eigenvalue weighted by Gasteiger charge is -2.30. The lowest BCUT2D eigenvalue weighted by atomic mass is 9.91. The average Bonchev–Trinajstić information content (AvgIpc) is 3.38. The lowest BCUT2D eigenvalue weighted by Crippen LogP contribution is -2.48. The maximum absolute atomic E-state index is 13.0. The molecule has 4 aliphatic rings. The molecule has 1 spiro atoms. The second-order valence-corrected chi connectivity index (χ2v) is 8.18. The fourth-order valence-corrected chi connectivity index (χ4v) is 5.73. The van der Waals surface area contributed by atoms with Crippen molar-refractivity contribution in [1.82, 2.24) is 10.2 Å². The summed E-state index contributed by atoms with van der Waals surface area (Å²) in [6.45, 7) is 1.99. The van der Waals surface area contributed by atoms with Crippen LogP contribution in [0.5, 0.6) is 0 Å². The standard InChI is InChI=1S/C15H22N2O3S/c18-12(10-7-15(10)3-5-16-6-4-15)17-11(14(19)20)8-21-13(17)9-1-2-9/h9-11,13,16H,1-8H2,(H,19,20). The number of carboxylic acids is 1. The first-order valence-electron chi connectivity index (χ1n) is 8.00. The zero-order valence-electron chi connectivity index (χ0n) is 12.1. The van der Waals surface area contributed by atoms with Gasteiger partial charge in [0.2, 0.25) is 5.91 Å². The normalized spacial score (nSPS) is 37.7. The summed E-state index contributed by atoms with van der Waals surface area (Å²) in [6, 6.07) is -0.604. The van der Waals surface area contributed by atoms with Crippen molar-refractivity contribution in [2.75, 3.05) is 18.8 Å². The Morgan fingerprint density at radius 3 is 2.57 bits per heavy atom. The molecule has 21 heavy (non-hydrogen) atoms. The summed E-state index contributed by atoms with van der Waals surface area (Å²) < 4.78 is 0. The van der Waals surface area contributed by atoms with Crippen LogP contribution in [0.2, 0.25) is 0 Å². The third-order valence-electron chi connectivity index (χ3n) is 5.69. The van der Waals surface area contributed by atoms with Gasteiger partial charge in [0.25, 0.3) is 0 Å². The predicted octanol–water partition coefficient (Wildman–Crippen LogP) is 1.14. The van der Waals surface area contributed by atoms with Crippen molar-refractivity contribution in [2.45, 2.75) is 43.5 Å². The molecule has 4 fully saturated rings. The van der Waals surface area contributed by atoms with Crippen molar-refractivity contribution in [3.63, 3.8) is 0 Å². The van der Waals surface area contributed by atoms with Gasteiger partial charge < -0.3 is 15.3 Å². The van der Waals surface area contributed by atoms with E-state index in [1.165, 1.54) is 0 Å². The van der Waals surface area contributed by atoms with Crippen LogP contribution < -0.4 is 5.32 Å². The number of thioether (sulfide) groups is 1. The third kappa shape index (κ3) is 2.27. The van der Waals surface area contributed by atoms with Gasteiger partial charge in [-0.1, -0.05) is 0 Å². The molecule has 6 heteroatoms. The number of carboxylic acid groups (broad SMARTS) is 1. The SMILES string of the molecule is O=C(O)C1CSC(C2CC2)N1C(=O)C1CC12CCNCC2. The molecule has 4 rings (SSSR count). The Kier molecular flexibility index (Phi) is 3.23. The molecule has 2 N–H and O–H groups in total. The fourth-order valence-electron chi connectivity index (χ4n) is 4.10. The minimum absolute atomic E-state index is 0.0846. The highest BCUT2D eigenvalue weighted by molar-refractivity contribution is 8.00. The molecule has 1 amide bonds. The Morgan fingerprint density at radius 1 is 1.24 bits per heavy atom. The first-order valence-corrected chi connectivity index (χ1v) is 9.05. The van der Waals surface area contributed by atoms with Crippen molar-refractivity contribution in [3.05, 3.63) is 0 Å². The maximum Gasteiger partial charge on any atom is 0.327 e. The number of rotatable bonds is 3. The molecule has 2 saturated carbocycles. The maximum atomic E-state index is 13.0. The van der Waals surface area contributed by atoms with Crippen LogP contribution in [0.3, 0.4) is 0 Å². The molecule has 2 aliphatic carbocycles. The molecule has 0 bridgehead atoms. The number of aliphatic carboxylic acids is 1. The van der Waals surface area contributed by atoms with Crippen LogP contribution in [0, 0.1) is 17.3 Å². The van der Waals surface area contributed by atoms with Crippen molar-refractivity contribution in [1.29, 1.82) is 0 Å². The topological polar surface area (TPSA) is 69.6 Å². The molecule has 0 aromatic carbocycles. The zero-order chi connectivity index (χ0) is 14.6. The van der Waals surface area contributed by atoms with E-state index in [4.69, 9.17) is 0 Å². The number of hydrogen-bond donors (Lipinski definition) is 2. The van der Waals surface area contributed by atoms with Gasteiger partial charge in [-0.05, 0) is 56.5 Å². The van der Waals surface area contributed by atoms with Gasteiger partial charge in [-0.15, -0.1) is 11.8 Å². The first kappa shape index (κ1) is 13.9. The van der Waals surface area contributed by atoms with Crippen LogP contribution in [-0.2, 0) is 9.59 Å². The summed E-state index contributed by atoms with van der Waals surface area (Å²) in [7, 11) is 0. The van der Waals surface area contributed by atoms with Crippen molar-refractivity contribution in [2.24, 2.45) is 17.3 Å². The molecular weight excluding hydrogens is 288 g/mol. The van der Waals surface area contributed by atoms with Crippen molar-refractivity contribution in [3.8, 4) is 0 Å². The Hall–Kier alpha value is -0.750. The van der Waals surface area contributed by atoms with Gasteiger partial charge in [-0.2, -0.15) is 0 Å². The van der Waals surface area contributed by atoms with E-state index in [0.29, 0.717) is 11.7 Å². The predicted molar refractivity (Wildman–Crippen MR) is 79.9 cm³/mol. The van der Waals surface area contributed by atoms with E-state index >= 15 is 0 Å². The quantitative estimate of drug-likeness (QED) is 0.818. The highest BCUT2D eigenvalue weighted by atomic mass is 32.2. The largest absolute Gasteiger partial charge is 0.480 e. The second-order valence-electron chi connectivity index (χ2n) is 7.03. The van der Waals surface area contributed by atoms with E-state index in [1.54, 1.807) is 16.7 Å². The minimum Gasteiger partial charge on any atom is -0.480 e. The molecular formula is C15H22N2O3S. The Labute approximate surface area is 128 Å². The third-order valence-corrected chi connectivity index (χ3v) is 7.15. The van der Waals surface area contributed by atoms with E-state index in [2.05, 4.69) is 5.32 Å². The van der Waals surface area contributed by atoms with Crippen molar-refractivity contribution >= 4 is 23.6 Å². The van der Waals surface area contributed by atoms with Crippen molar-refractivity contribution < 1.29 is 14.7 Å². The number of amides is 1. The molecule has 116 valence electrons. The van der Waals surface area contributed by atoms with Crippen LogP contribution in [0.25, 0.3) is 0 Å². The number of piperidine rings is 1.